The van der Waals surface area contributed by atoms with Crippen LogP contribution in [0.25, 0.3) is 10.8 Å². The summed E-state index contributed by atoms with van der Waals surface area (Å²) in [6, 6.07) is 6.71. The molecule has 0 atom stereocenters. The van der Waals surface area contributed by atoms with Crippen LogP contribution in [0.2, 0.25) is 0 Å². The van der Waals surface area contributed by atoms with Crippen LogP contribution in [0.1, 0.15) is 24.6 Å². The van der Waals surface area contributed by atoms with E-state index in [4.69, 9.17) is 4.52 Å². The molecule has 4 rings (SSSR count). The molecule has 0 amide bonds. The van der Waals surface area contributed by atoms with Gasteiger partial charge in [0.15, 0.2) is 10.7 Å². The third-order valence-electron chi connectivity index (χ3n) is 3.84. The Bertz CT molecular complexity index is 1080. The zero-order valence-electron chi connectivity index (χ0n) is 13.2. The molecule has 2 aromatic heterocycles. The van der Waals surface area contributed by atoms with Gasteiger partial charge in [0.05, 0.1) is 10.6 Å². The van der Waals surface area contributed by atoms with Crippen LogP contribution in [0, 0.1) is 10.1 Å². The quantitative estimate of drug-likeness (QED) is 0.503. The van der Waals surface area contributed by atoms with Gasteiger partial charge < -0.3 is 4.52 Å². The third-order valence-corrected chi connectivity index (χ3v) is 6.15. The number of para-hydroxylation sites is 1. The molecule has 9 nitrogen and oxygen atoms in total. The Morgan fingerprint density at radius 3 is 2.77 bits per heavy atom. The Hall–Kier alpha value is -2.79. The van der Waals surface area contributed by atoms with E-state index in [0.29, 0.717) is 16.6 Å². The smallest absolute Gasteiger partial charge is 0.289 e. The molecular weight excluding hydrogens is 380 g/mol. The molecule has 1 fully saturated rings. The Labute approximate surface area is 151 Å². The molecule has 0 bridgehead atoms. The van der Waals surface area contributed by atoms with Crippen molar-refractivity contribution in [2.24, 2.45) is 0 Å². The van der Waals surface area contributed by atoms with E-state index in [9.17, 15) is 18.5 Å². The number of thiophene rings is 1. The molecule has 0 aliphatic heterocycles. The van der Waals surface area contributed by atoms with Crippen molar-refractivity contribution in [2.45, 2.75) is 23.7 Å². The molecule has 26 heavy (non-hydrogen) atoms. The summed E-state index contributed by atoms with van der Waals surface area (Å²) in [5.74, 6) is 1.14. The van der Waals surface area contributed by atoms with E-state index < -0.39 is 25.5 Å². The van der Waals surface area contributed by atoms with Crippen molar-refractivity contribution in [3.8, 4) is 10.8 Å². The summed E-state index contributed by atoms with van der Waals surface area (Å²) in [5.41, 5.74) is -0.260. The normalized spacial score (nSPS) is 14.3. The minimum atomic E-state index is -4.16. The van der Waals surface area contributed by atoms with Gasteiger partial charge in [-0.2, -0.15) is 4.98 Å². The number of nitrogens with zero attached hydrogens (tertiary/aromatic N) is 3. The van der Waals surface area contributed by atoms with Crippen molar-refractivity contribution in [2.75, 3.05) is 4.72 Å². The van der Waals surface area contributed by atoms with Gasteiger partial charge in [0.25, 0.3) is 21.6 Å². The van der Waals surface area contributed by atoms with Crippen LogP contribution in [-0.2, 0) is 10.0 Å². The summed E-state index contributed by atoms with van der Waals surface area (Å²) in [6.07, 6.45) is 2.03. The van der Waals surface area contributed by atoms with Gasteiger partial charge in [-0.15, -0.1) is 11.3 Å². The molecule has 0 unspecified atom stereocenters. The van der Waals surface area contributed by atoms with Crippen molar-refractivity contribution < 1.29 is 17.9 Å². The summed E-state index contributed by atoms with van der Waals surface area (Å²) in [7, 11) is -4.16. The number of hydrogen-bond acceptors (Lipinski definition) is 8. The number of nitro benzene ring substituents is 1. The molecule has 134 valence electrons. The van der Waals surface area contributed by atoms with Gasteiger partial charge in [0, 0.05) is 12.0 Å². The first-order valence-corrected chi connectivity index (χ1v) is 10.00. The van der Waals surface area contributed by atoms with Crippen LogP contribution in [0.15, 0.2) is 45.1 Å². The molecule has 1 aliphatic carbocycles. The molecule has 11 heteroatoms. The first-order chi connectivity index (χ1) is 12.5. The summed E-state index contributed by atoms with van der Waals surface area (Å²) >= 11 is 1.24. The number of sulfonamides is 1. The summed E-state index contributed by atoms with van der Waals surface area (Å²) in [5, 5.41) is 16.7. The lowest BCUT2D eigenvalue weighted by molar-refractivity contribution is -0.387. The highest BCUT2D eigenvalue weighted by Gasteiger charge is 2.30. The Balaban J connectivity index is 1.67. The second-order valence-corrected chi connectivity index (χ2v) is 8.29. The molecule has 1 N–H and O–H groups in total. The molecule has 1 saturated carbocycles. The van der Waals surface area contributed by atoms with Crippen molar-refractivity contribution in [1.82, 2.24) is 10.1 Å². The second-order valence-electron chi connectivity index (χ2n) is 5.73. The first kappa shape index (κ1) is 16.7. The van der Waals surface area contributed by atoms with E-state index in [-0.39, 0.29) is 11.6 Å². The van der Waals surface area contributed by atoms with E-state index in [0.717, 1.165) is 18.9 Å². The second kappa shape index (κ2) is 6.18. The highest BCUT2D eigenvalue weighted by atomic mass is 32.2. The predicted octanol–water partition coefficient (Wildman–Crippen LogP) is 3.38. The number of anilines is 1. The van der Waals surface area contributed by atoms with Gasteiger partial charge in [-0.1, -0.05) is 17.3 Å². The lowest BCUT2D eigenvalue weighted by Crippen LogP contribution is -2.14. The first-order valence-electron chi connectivity index (χ1n) is 7.63. The van der Waals surface area contributed by atoms with Crippen molar-refractivity contribution >= 4 is 32.7 Å². The summed E-state index contributed by atoms with van der Waals surface area (Å²) in [6.45, 7) is 0. The topological polar surface area (TPSA) is 128 Å². The number of rotatable bonds is 6. The van der Waals surface area contributed by atoms with Crippen molar-refractivity contribution in [1.29, 1.82) is 0 Å². The number of nitrogens with one attached hydrogen (secondary N) is 1. The lowest BCUT2D eigenvalue weighted by atomic mass is 10.3. The van der Waals surface area contributed by atoms with Gasteiger partial charge in [-0.25, -0.2) is 8.42 Å². The lowest BCUT2D eigenvalue weighted by Gasteiger charge is -2.08. The van der Waals surface area contributed by atoms with E-state index in [1.165, 1.54) is 29.5 Å². The maximum atomic E-state index is 12.7. The van der Waals surface area contributed by atoms with Crippen LogP contribution < -0.4 is 4.72 Å². The molecule has 1 aliphatic rings. The SMILES string of the molecule is O=[N+]([O-])c1ccccc1S(=O)(=O)Nc1ccsc1-c1nc(C2CC2)no1. The summed E-state index contributed by atoms with van der Waals surface area (Å²) in [4.78, 5) is 14.7. The minimum Gasteiger partial charge on any atom is -0.333 e. The predicted molar refractivity (Wildman–Crippen MR) is 93.5 cm³/mol. The Morgan fingerprint density at radius 1 is 1.27 bits per heavy atom. The number of aromatic nitrogens is 2. The maximum absolute atomic E-state index is 12.7. The average Bonchev–Trinajstić information content (AvgIpc) is 3.17. The van der Waals surface area contributed by atoms with Crippen molar-refractivity contribution in [3.05, 3.63) is 51.7 Å². The third kappa shape index (κ3) is 3.06. The maximum Gasteiger partial charge on any atom is 0.289 e. The fourth-order valence-electron chi connectivity index (χ4n) is 2.42. The molecule has 3 aromatic rings. The standard InChI is InChI=1S/C15H12N4O5S2/c20-19(21)11-3-1-2-4-12(11)26(22,23)18-10-7-8-25-13(10)15-16-14(17-24-15)9-5-6-9/h1-4,7-9,18H,5-6H2. The molecule has 2 heterocycles. The van der Waals surface area contributed by atoms with E-state index in [1.807, 2.05) is 0 Å². The Kier molecular flexibility index (Phi) is 3.96. The minimum absolute atomic E-state index is 0.224. The molecular formula is C15H12N4O5S2. The molecule has 0 saturated heterocycles. The fourth-order valence-corrected chi connectivity index (χ4v) is 4.50. The largest absolute Gasteiger partial charge is 0.333 e. The van der Waals surface area contributed by atoms with Gasteiger partial charge in [-0.3, -0.25) is 14.8 Å². The van der Waals surface area contributed by atoms with Crippen molar-refractivity contribution in [3.63, 3.8) is 0 Å². The van der Waals surface area contributed by atoms with Gasteiger partial charge in [-0.05, 0) is 30.4 Å². The van der Waals surface area contributed by atoms with Crippen LogP contribution in [-0.4, -0.2) is 23.5 Å². The number of nitro groups is 1. The number of benzene rings is 1. The molecule has 0 radical (unpaired) electrons. The molecule has 1 aromatic carbocycles. The number of hydrogen-bond donors (Lipinski definition) is 1. The van der Waals surface area contributed by atoms with Crippen LogP contribution in [0.5, 0.6) is 0 Å². The molecule has 0 spiro atoms. The van der Waals surface area contributed by atoms with E-state index >= 15 is 0 Å². The van der Waals surface area contributed by atoms with Crippen LogP contribution >= 0.6 is 11.3 Å². The highest BCUT2D eigenvalue weighted by molar-refractivity contribution is 7.93. The van der Waals surface area contributed by atoms with E-state index in [2.05, 4.69) is 14.9 Å². The van der Waals surface area contributed by atoms with Gasteiger partial charge in [0.2, 0.25) is 0 Å². The van der Waals surface area contributed by atoms with Gasteiger partial charge >= 0.3 is 0 Å². The fraction of sp³-hybridized carbons (Fsp3) is 0.200. The van der Waals surface area contributed by atoms with Crippen LogP contribution in [0.4, 0.5) is 11.4 Å². The highest BCUT2D eigenvalue weighted by Crippen LogP contribution is 2.40. The van der Waals surface area contributed by atoms with E-state index in [1.54, 1.807) is 11.4 Å². The van der Waals surface area contributed by atoms with Crippen LogP contribution in [0.3, 0.4) is 0 Å². The summed E-state index contributed by atoms with van der Waals surface area (Å²) < 4.78 is 32.9. The average molecular weight is 392 g/mol. The Morgan fingerprint density at radius 2 is 2.04 bits per heavy atom. The zero-order valence-corrected chi connectivity index (χ0v) is 14.8. The monoisotopic (exact) mass is 392 g/mol. The van der Waals surface area contributed by atoms with Gasteiger partial charge in [0.1, 0.15) is 4.88 Å². The zero-order chi connectivity index (χ0) is 18.3.